The number of hydrogen-bond acceptors (Lipinski definition) is 3. The van der Waals surface area contributed by atoms with Gasteiger partial charge >= 0.3 is 0 Å². The van der Waals surface area contributed by atoms with Crippen molar-refractivity contribution in [3.63, 3.8) is 0 Å². The zero-order valence-electron chi connectivity index (χ0n) is 11.2. The number of aryl methyl sites for hydroxylation is 1. The lowest BCUT2D eigenvalue weighted by molar-refractivity contribution is 0.413. The van der Waals surface area contributed by atoms with Gasteiger partial charge in [0.2, 0.25) is 0 Å². The van der Waals surface area contributed by atoms with Gasteiger partial charge in [-0.3, -0.25) is 0 Å². The van der Waals surface area contributed by atoms with E-state index in [0.29, 0.717) is 0 Å². The molecular weight excluding hydrogens is 238 g/mol. The summed E-state index contributed by atoms with van der Waals surface area (Å²) in [6.45, 7) is 2.01. The molecule has 0 spiro atoms. The fourth-order valence-corrected chi connectivity index (χ4v) is 2.15. The molecule has 2 rings (SSSR count). The molecule has 0 fully saturated rings. The number of ether oxygens (including phenoxy) is 2. The average molecular weight is 253 g/mol. The van der Waals surface area contributed by atoms with Crippen molar-refractivity contribution >= 4 is 16.8 Å². The highest BCUT2D eigenvalue weighted by atomic mass is 16.5. The molecule has 0 aliphatic rings. The van der Waals surface area contributed by atoms with Crippen LogP contribution in [0.15, 0.2) is 30.3 Å². The lowest BCUT2D eigenvalue weighted by Crippen LogP contribution is -1.92. The lowest BCUT2D eigenvalue weighted by atomic mass is 10.0. The summed E-state index contributed by atoms with van der Waals surface area (Å²) in [5, 5.41) is 10.7. The number of rotatable bonds is 3. The van der Waals surface area contributed by atoms with Crippen molar-refractivity contribution in [3.05, 3.63) is 41.5 Å². The SMILES string of the molecule is COc1cc2ccc(C)c(OC)c2cc1C=CC#N. The maximum absolute atomic E-state index is 8.65. The van der Waals surface area contributed by atoms with Gasteiger partial charge in [-0.25, -0.2) is 0 Å². The molecule has 0 saturated carbocycles. The van der Waals surface area contributed by atoms with Crippen molar-refractivity contribution in [2.45, 2.75) is 6.92 Å². The van der Waals surface area contributed by atoms with E-state index in [1.807, 2.05) is 37.3 Å². The number of nitriles is 1. The van der Waals surface area contributed by atoms with Gasteiger partial charge in [0.05, 0.1) is 20.3 Å². The van der Waals surface area contributed by atoms with Crippen LogP contribution in [0.1, 0.15) is 11.1 Å². The first kappa shape index (κ1) is 13.0. The van der Waals surface area contributed by atoms with E-state index in [1.165, 1.54) is 6.08 Å². The smallest absolute Gasteiger partial charge is 0.129 e. The average Bonchev–Trinajstić information content (AvgIpc) is 2.44. The first-order valence-corrected chi connectivity index (χ1v) is 5.92. The number of benzene rings is 2. The van der Waals surface area contributed by atoms with E-state index in [1.54, 1.807) is 20.3 Å². The highest BCUT2D eigenvalue weighted by molar-refractivity contribution is 5.93. The molecule has 3 heteroatoms. The normalized spacial score (nSPS) is 10.6. The molecule has 0 aliphatic carbocycles. The second kappa shape index (κ2) is 5.45. The maximum Gasteiger partial charge on any atom is 0.129 e. The monoisotopic (exact) mass is 253 g/mol. The van der Waals surface area contributed by atoms with E-state index in [2.05, 4.69) is 0 Å². The Kier molecular flexibility index (Phi) is 3.72. The van der Waals surface area contributed by atoms with Crippen molar-refractivity contribution in [1.82, 2.24) is 0 Å². The van der Waals surface area contributed by atoms with Crippen molar-refractivity contribution in [3.8, 4) is 17.6 Å². The van der Waals surface area contributed by atoms with Crippen molar-refractivity contribution in [2.75, 3.05) is 14.2 Å². The molecule has 2 aromatic carbocycles. The van der Waals surface area contributed by atoms with Crippen LogP contribution < -0.4 is 9.47 Å². The summed E-state index contributed by atoms with van der Waals surface area (Å²) < 4.78 is 10.8. The second-order valence-electron chi connectivity index (χ2n) is 4.19. The van der Waals surface area contributed by atoms with E-state index >= 15 is 0 Å². The molecule has 96 valence electrons. The van der Waals surface area contributed by atoms with Crippen LogP contribution in [0.5, 0.6) is 11.5 Å². The van der Waals surface area contributed by atoms with Gasteiger partial charge in [0, 0.05) is 17.0 Å². The van der Waals surface area contributed by atoms with Gasteiger partial charge in [0.25, 0.3) is 0 Å². The largest absolute Gasteiger partial charge is 0.496 e. The lowest BCUT2D eigenvalue weighted by Gasteiger charge is -2.12. The van der Waals surface area contributed by atoms with Crippen LogP contribution in [0.4, 0.5) is 0 Å². The van der Waals surface area contributed by atoms with Crippen molar-refractivity contribution in [1.29, 1.82) is 5.26 Å². The minimum absolute atomic E-state index is 0.741. The quantitative estimate of drug-likeness (QED) is 0.783. The highest BCUT2D eigenvalue weighted by Gasteiger charge is 2.09. The van der Waals surface area contributed by atoms with Crippen LogP contribution in [0.3, 0.4) is 0 Å². The van der Waals surface area contributed by atoms with Gasteiger partial charge in [-0.2, -0.15) is 5.26 Å². The minimum Gasteiger partial charge on any atom is -0.496 e. The molecule has 2 aromatic rings. The van der Waals surface area contributed by atoms with Gasteiger partial charge in [0.1, 0.15) is 11.5 Å². The minimum atomic E-state index is 0.741. The molecule has 3 nitrogen and oxygen atoms in total. The standard InChI is InChI=1S/C16H15NO2/c1-11-6-7-12-10-15(18-2)13(5-4-8-17)9-14(12)16(11)19-3/h4-7,9-10H,1-3H3. The van der Waals surface area contributed by atoms with Crippen molar-refractivity contribution in [2.24, 2.45) is 0 Å². The van der Waals surface area contributed by atoms with E-state index in [0.717, 1.165) is 33.4 Å². The van der Waals surface area contributed by atoms with Gasteiger partial charge in [0.15, 0.2) is 0 Å². The molecule has 19 heavy (non-hydrogen) atoms. The molecule has 0 unspecified atom stereocenters. The predicted molar refractivity (Wildman–Crippen MR) is 76.4 cm³/mol. The Labute approximate surface area is 112 Å². The maximum atomic E-state index is 8.65. The topological polar surface area (TPSA) is 42.2 Å². The van der Waals surface area contributed by atoms with E-state index in [4.69, 9.17) is 14.7 Å². The summed E-state index contributed by atoms with van der Waals surface area (Å²) in [5.74, 6) is 1.59. The Balaban J connectivity index is 2.76. The van der Waals surface area contributed by atoms with Crippen LogP contribution >= 0.6 is 0 Å². The van der Waals surface area contributed by atoms with Crippen LogP contribution in [-0.4, -0.2) is 14.2 Å². The van der Waals surface area contributed by atoms with Gasteiger partial charge in [-0.05, 0) is 36.1 Å². The number of nitrogens with zero attached hydrogens (tertiary/aromatic N) is 1. The van der Waals surface area contributed by atoms with Crippen LogP contribution in [0.2, 0.25) is 0 Å². The molecule has 0 aromatic heterocycles. The molecule has 0 heterocycles. The van der Waals surface area contributed by atoms with Gasteiger partial charge in [-0.15, -0.1) is 0 Å². The van der Waals surface area contributed by atoms with E-state index in [9.17, 15) is 0 Å². The van der Waals surface area contributed by atoms with Crippen LogP contribution in [0, 0.1) is 18.3 Å². The molecule has 0 saturated heterocycles. The first-order valence-electron chi connectivity index (χ1n) is 5.92. The number of methoxy groups -OCH3 is 2. The predicted octanol–water partition coefficient (Wildman–Crippen LogP) is 3.70. The Bertz CT molecular complexity index is 681. The summed E-state index contributed by atoms with van der Waals surface area (Å²) in [6.07, 6.45) is 3.17. The first-order chi connectivity index (χ1) is 9.21. The number of fused-ring (bicyclic) bond motifs is 1. The number of allylic oxidation sites excluding steroid dienone is 1. The number of hydrogen-bond donors (Lipinski definition) is 0. The van der Waals surface area contributed by atoms with Crippen molar-refractivity contribution < 1.29 is 9.47 Å². The second-order valence-corrected chi connectivity index (χ2v) is 4.19. The molecule has 0 aliphatic heterocycles. The van der Waals surface area contributed by atoms with Crippen LogP contribution in [-0.2, 0) is 0 Å². The summed E-state index contributed by atoms with van der Waals surface area (Å²) in [4.78, 5) is 0. The van der Waals surface area contributed by atoms with Gasteiger partial charge in [-0.1, -0.05) is 12.1 Å². The Hall–Kier alpha value is -2.47. The summed E-state index contributed by atoms with van der Waals surface area (Å²) >= 11 is 0. The third kappa shape index (κ3) is 2.38. The highest BCUT2D eigenvalue weighted by Crippen LogP contribution is 2.34. The Morgan fingerprint density at radius 2 is 1.95 bits per heavy atom. The zero-order valence-corrected chi connectivity index (χ0v) is 11.2. The molecule has 0 radical (unpaired) electrons. The molecule has 0 amide bonds. The van der Waals surface area contributed by atoms with E-state index in [-0.39, 0.29) is 0 Å². The molecular formula is C16H15NO2. The summed E-state index contributed by atoms with van der Waals surface area (Å²) in [6, 6.07) is 9.98. The van der Waals surface area contributed by atoms with E-state index < -0.39 is 0 Å². The molecule has 0 bridgehead atoms. The third-order valence-electron chi connectivity index (χ3n) is 3.06. The Morgan fingerprint density at radius 1 is 1.16 bits per heavy atom. The summed E-state index contributed by atoms with van der Waals surface area (Å²) in [5.41, 5.74) is 1.94. The summed E-state index contributed by atoms with van der Waals surface area (Å²) in [7, 11) is 3.28. The zero-order chi connectivity index (χ0) is 13.8. The Morgan fingerprint density at radius 3 is 2.58 bits per heavy atom. The van der Waals surface area contributed by atoms with Crippen LogP contribution in [0.25, 0.3) is 16.8 Å². The molecule has 0 N–H and O–H groups in total. The molecule has 0 atom stereocenters. The van der Waals surface area contributed by atoms with Gasteiger partial charge < -0.3 is 9.47 Å². The third-order valence-corrected chi connectivity index (χ3v) is 3.06. The fourth-order valence-electron chi connectivity index (χ4n) is 2.15. The fraction of sp³-hybridized carbons (Fsp3) is 0.188.